The molecule has 0 bridgehead atoms. The molecule has 0 spiro atoms. The second kappa shape index (κ2) is 4.89. The zero-order valence-corrected chi connectivity index (χ0v) is 8.31. The van der Waals surface area contributed by atoms with Crippen LogP contribution in [0.2, 0.25) is 0 Å². The Morgan fingerprint density at radius 1 is 1.60 bits per heavy atom. The number of aromatic nitrogens is 1. The number of halogens is 3. The van der Waals surface area contributed by atoms with Gasteiger partial charge in [0.1, 0.15) is 0 Å². The van der Waals surface area contributed by atoms with Crippen molar-refractivity contribution in [3.8, 4) is 6.07 Å². The smallest absolute Gasteiger partial charge is 0.264 e. The summed E-state index contributed by atoms with van der Waals surface area (Å²) < 4.78 is 25.0. The van der Waals surface area contributed by atoms with Crippen molar-refractivity contribution in [1.82, 2.24) is 4.98 Å². The Labute approximate surface area is 89.3 Å². The van der Waals surface area contributed by atoms with Crippen LogP contribution in [0.15, 0.2) is 10.9 Å². The molecular weight excluding hydrogens is 226 g/mol. The average Bonchev–Trinajstić information content (AvgIpc) is 2.17. The molecule has 0 aliphatic carbocycles. The zero-order chi connectivity index (χ0) is 11.4. The molecule has 1 N–H and O–H groups in total. The highest BCUT2D eigenvalue weighted by Gasteiger charge is 2.17. The van der Waals surface area contributed by atoms with Gasteiger partial charge in [-0.25, -0.2) is 8.78 Å². The summed E-state index contributed by atoms with van der Waals surface area (Å²) in [5.41, 5.74) is -0.758. The normalized spacial score (nSPS) is 10.3. The van der Waals surface area contributed by atoms with Gasteiger partial charge < -0.3 is 4.98 Å². The van der Waals surface area contributed by atoms with Crippen molar-refractivity contribution in [3.63, 3.8) is 0 Å². The highest BCUT2D eigenvalue weighted by atomic mass is 35.5. The molecule has 0 aliphatic rings. The third-order valence-corrected chi connectivity index (χ3v) is 2.17. The van der Waals surface area contributed by atoms with Crippen LogP contribution in [-0.2, 0) is 12.3 Å². The monoisotopic (exact) mass is 232 g/mol. The van der Waals surface area contributed by atoms with Crippen molar-refractivity contribution in [1.29, 1.82) is 5.26 Å². The van der Waals surface area contributed by atoms with E-state index in [4.69, 9.17) is 16.9 Å². The molecule has 0 radical (unpaired) electrons. The molecule has 0 fully saturated rings. The number of hydrogen-bond donors (Lipinski definition) is 1. The van der Waals surface area contributed by atoms with Gasteiger partial charge in [-0.05, 0) is 5.56 Å². The molecule has 1 heterocycles. The topological polar surface area (TPSA) is 56.6 Å². The Hall–Kier alpha value is -1.41. The van der Waals surface area contributed by atoms with Gasteiger partial charge in [-0.3, -0.25) is 4.79 Å². The molecule has 6 heteroatoms. The first-order chi connectivity index (χ1) is 7.10. The zero-order valence-electron chi connectivity index (χ0n) is 7.56. The van der Waals surface area contributed by atoms with E-state index in [1.54, 1.807) is 6.07 Å². The van der Waals surface area contributed by atoms with Gasteiger partial charge in [-0.2, -0.15) is 5.26 Å². The number of H-pyrrole nitrogens is 1. The molecule has 0 aliphatic heterocycles. The number of hydrogen-bond acceptors (Lipinski definition) is 2. The number of pyridine rings is 1. The van der Waals surface area contributed by atoms with Crippen LogP contribution >= 0.6 is 11.6 Å². The summed E-state index contributed by atoms with van der Waals surface area (Å²) in [4.78, 5) is 13.3. The van der Waals surface area contributed by atoms with Gasteiger partial charge in [-0.15, -0.1) is 11.6 Å². The van der Waals surface area contributed by atoms with Crippen LogP contribution < -0.4 is 5.56 Å². The van der Waals surface area contributed by atoms with Crippen LogP contribution in [0.4, 0.5) is 8.78 Å². The minimum Gasteiger partial charge on any atom is -0.325 e. The van der Waals surface area contributed by atoms with Gasteiger partial charge in [0.05, 0.1) is 12.5 Å². The molecule has 0 saturated carbocycles. The summed E-state index contributed by atoms with van der Waals surface area (Å²) in [6.45, 7) is 0. The molecule has 0 aromatic carbocycles. The Balaban J connectivity index is 3.39. The van der Waals surface area contributed by atoms with E-state index < -0.39 is 17.5 Å². The van der Waals surface area contributed by atoms with Crippen molar-refractivity contribution in [2.75, 3.05) is 0 Å². The highest BCUT2D eigenvalue weighted by Crippen LogP contribution is 2.24. The second-order valence-electron chi connectivity index (χ2n) is 2.82. The minimum atomic E-state index is -2.77. The maximum absolute atomic E-state index is 12.5. The molecule has 0 amide bonds. The van der Waals surface area contributed by atoms with Crippen molar-refractivity contribution in [3.05, 3.63) is 33.2 Å². The number of rotatable bonds is 3. The van der Waals surface area contributed by atoms with Gasteiger partial charge in [0.15, 0.2) is 0 Å². The lowest BCUT2D eigenvalue weighted by Crippen LogP contribution is -2.13. The van der Waals surface area contributed by atoms with Crippen LogP contribution in [0.1, 0.15) is 23.2 Å². The van der Waals surface area contributed by atoms with Crippen molar-refractivity contribution in [2.24, 2.45) is 0 Å². The Morgan fingerprint density at radius 2 is 2.27 bits per heavy atom. The van der Waals surface area contributed by atoms with Gasteiger partial charge in [0.2, 0.25) is 5.56 Å². The van der Waals surface area contributed by atoms with Crippen LogP contribution in [-0.4, -0.2) is 4.98 Å². The molecule has 1 aromatic heterocycles. The van der Waals surface area contributed by atoms with Gasteiger partial charge in [0, 0.05) is 23.2 Å². The van der Waals surface area contributed by atoms with E-state index in [1.807, 2.05) is 0 Å². The van der Waals surface area contributed by atoms with E-state index in [0.29, 0.717) is 0 Å². The molecule has 15 heavy (non-hydrogen) atoms. The summed E-state index contributed by atoms with van der Waals surface area (Å²) in [6, 6.07) is 2.59. The maximum atomic E-state index is 12.5. The van der Waals surface area contributed by atoms with Crippen LogP contribution in [0, 0.1) is 11.3 Å². The van der Waals surface area contributed by atoms with Gasteiger partial charge >= 0.3 is 0 Å². The van der Waals surface area contributed by atoms with E-state index in [2.05, 4.69) is 4.98 Å². The third-order valence-electron chi connectivity index (χ3n) is 1.90. The largest absolute Gasteiger partial charge is 0.325 e. The standard InChI is InChI=1S/C9H7ClF2N2O/c10-4-6-5(9(11)12)3-8(15)14-7(6)1-2-13/h3,9H,1,4H2,(H,14,15). The lowest BCUT2D eigenvalue weighted by atomic mass is 10.1. The molecular formula is C9H7ClF2N2O. The first-order valence-electron chi connectivity index (χ1n) is 4.06. The molecule has 80 valence electrons. The summed E-state index contributed by atoms with van der Waals surface area (Å²) >= 11 is 5.50. The minimum absolute atomic E-state index is 0.132. The second-order valence-corrected chi connectivity index (χ2v) is 3.08. The first-order valence-corrected chi connectivity index (χ1v) is 4.59. The van der Waals surface area contributed by atoms with Crippen molar-refractivity contribution < 1.29 is 8.78 Å². The van der Waals surface area contributed by atoms with E-state index in [-0.39, 0.29) is 23.6 Å². The summed E-state index contributed by atoms with van der Waals surface area (Å²) in [5.74, 6) is -0.159. The summed E-state index contributed by atoms with van der Waals surface area (Å²) in [6.07, 6.45) is -2.91. The van der Waals surface area contributed by atoms with E-state index in [0.717, 1.165) is 6.07 Å². The number of aromatic amines is 1. The fraction of sp³-hybridized carbons (Fsp3) is 0.333. The van der Waals surface area contributed by atoms with Crippen LogP contribution in [0.25, 0.3) is 0 Å². The third kappa shape index (κ3) is 2.54. The van der Waals surface area contributed by atoms with E-state index in [9.17, 15) is 13.6 Å². The predicted octanol–water partition coefficient (Wildman–Crippen LogP) is 2.12. The van der Waals surface area contributed by atoms with E-state index in [1.165, 1.54) is 0 Å². The maximum Gasteiger partial charge on any atom is 0.264 e. The molecule has 0 saturated heterocycles. The quantitative estimate of drug-likeness (QED) is 0.812. The van der Waals surface area contributed by atoms with Gasteiger partial charge in [-0.1, -0.05) is 0 Å². The van der Waals surface area contributed by atoms with Crippen molar-refractivity contribution in [2.45, 2.75) is 18.7 Å². The number of alkyl halides is 3. The van der Waals surface area contributed by atoms with Crippen molar-refractivity contribution >= 4 is 11.6 Å². The predicted molar refractivity (Wildman–Crippen MR) is 50.9 cm³/mol. The summed E-state index contributed by atoms with van der Waals surface area (Å²) in [5, 5.41) is 8.46. The Morgan fingerprint density at radius 3 is 2.73 bits per heavy atom. The highest BCUT2D eigenvalue weighted by molar-refractivity contribution is 6.17. The molecule has 3 nitrogen and oxygen atoms in total. The first kappa shape index (κ1) is 11.7. The van der Waals surface area contributed by atoms with Crippen LogP contribution in [0.5, 0.6) is 0 Å². The summed E-state index contributed by atoms with van der Waals surface area (Å²) in [7, 11) is 0. The molecule has 0 unspecified atom stereocenters. The SMILES string of the molecule is N#CCc1[nH]c(=O)cc(C(F)F)c1CCl. The Bertz CT molecular complexity index is 450. The fourth-order valence-electron chi connectivity index (χ4n) is 1.25. The molecule has 1 aromatic rings. The van der Waals surface area contributed by atoms with E-state index >= 15 is 0 Å². The van der Waals surface area contributed by atoms with Gasteiger partial charge in [0.25, 0.3) is 6.43 Å². The van der Waals surface area contributed by atoms with Crippen LogP contribution in [0.3, 0.4) is 0 Å². The fourth-order valence-corrected chi connectivity index (χ4v) is 1.56. The molecule has 1 rings (SSSR count). The average molecular weight is 233 g/mol. The molecule has 0 atom stereocenters. The number of nitrogens with zero attached hydrogens (tertiary/aromatic N) is 1. The number of nitriles is 1. The number of nitrogens with one attached hydrogen (secondary N) is 1. The lowest BCUT2D eigenvalue weighted by Gasteiger charge is -2.09. The lowest BCUT2D eigenvalue weighted by molar-refractivity contribution is 0.150. The Kier molecular flexibility index (Phi) is 3.81.